The van der Waals surface area contributed by atoms with Gasteiger partial charge in [0.05, 0.1) is 34.3 Å². The van der Waals surface area contributed by atoms with Crippen LogP contribution in [0.4, 0.5) is 8.78 Å². The fourth-order valence-corrected chi connectivity index (χ4v) is 2.89. The highest BCUT2D eigenvalue weighted by atomic mass is 35.5. The lowest BCUT2D eigenvalue weighted by Crippen LogP contribution is -2.29. The van der Waals surface area contributed by atoms with Gasteiger partial charge in [0.25, 0.3) is 11.8 Å². The van der Waals surface area contributed by atoms with Crippen molar-refractivity contribution in [1.82, 2.24) is 20.1 Å². The highest BCUT2D eigenvalue weighted by Gasteiger charge is 2.38. The molecule has 9 heteroatoms. The molecule has 2 aromatic heterocycles. The van der Waals surface area contributed by atoms with Crippen LogP contribution in [0.2, 0.25) is 5.02 Å². The first-order valence-corrected chi connectivity index (χ1v) is 7.17. The summed E-state index contributed by atoms with van der Waals surface area (Å²) in [5, 5.41) is 6.32. The van der Waals surface area contributed by atoms with Crippen molar-refractivity contribution in [3.63, 3.8) is 0 Å². The number of carbonyl (C=O) groups excluding carboxylic acids is 2. The van der Waals surface area contributed by atoms with Gasteiger partial charge in [-0.05, 0) is 12.1 Å². The minimum Gasteiger partial charge on any atom is -0.270 e. The van der Waals surface area contributed by atoms with E-state index in [1.165, 1.54) is 12.4 Å². The molecule has 1 aliphatic heterocycles. The van der Waals surface area contributed by atoms with Crippen molar-refractivity contribution in [2.75, 3.05) is 0 Å². The molecule has 120 valence electrons. The van der Waals surface area contributed by atoms with E-state index in [0.717, 1.165) is 17.0 Å². The molecule has 0 aliphatic carbocycles. The fraction of sp³-hybridized carbons (Fsp3) is 0.0667. The Morgan fingerprint density at radius 1 is 1.12 bits per heavy atom. The molecule has 0 unspecified atom stereocenters. The van der Waals surface area contributed by atoms with Crippen molar-refractivity contribution in [1.29, 1.82) is 0 Å². The molecule has 6 nitrogen and oxygen atoms in total. The number of benzene rings is 1. The van der Waals surface area contributed by atoms with Crippen LogP contribution in [0.3, 0.4) is 0 Å². The average molecular weight is 349 g/mol. The molecular weight excluding hydrogens is 342 g/mol. The highest BCUT2D eigenvalue weighted by molar-refractivity contribution is 6.31. The average Bonchev–Trinajstić information content (AvgIpc) is 3.13. The molecule has 24 heavy (non-hydrogen) atoms. The Kier molecular flexibility index (Phi) is 3.10. The molecule has 0 spiro atoms. The lowest BCUT2D eigenvalue weighted by atomic mass is 10.1. The summed E-state index contributed by atoms with van der Waals surface area (Å²) in [5.74, 6) is -2.91. The summed E-state index contributed by atoms with van der Waals surface area (Å²) in [6.07, 6.45) is 2.63. The van der Waals surface area contributed by atoms with E-state index in [1.807, 2.05) is 0 Å². The molecule has 0 saturated heterocycles. The monoisotopic (exact) mass is 348 g/mol. The van der Waals surface area contributed by atoms with Gasteiger partial charge in [-0.25, -0.2) is 13.8 Å². The number of rotatable bonds is 2. The SMILES string of the molecule is O=C1c2cnc3[nH]ncc3c2C(=O)N1Cc1c(F)ccc(F)c1Cl. The van der Waals surface area contributed by atoms with Crippen LogP contribution in [0.15, 0.2) is 24.5 Å². The van der Waals surface area contributed by atoms with Gasteiger partial charge in [-0.15, -0.1) is 0 Å². The van der Waals surface area contributed by atoms with Crippen LogP contribution in [0, 0.1) is 11.6 Å². The predicted octanol–water partition coefficient (Wildman–Crippen LogP) is 2.69. The maximum atomic E-state index is 13.9. The molecule has 0 saturated carbocycles. The van der Waals surface area contributed by atoms with Crippen molar-refractivity contribution in [3.8, 4) is 0 Å². The Morgan fingerprint density at radius 3 is 2.67 bits per heavy atom. The second-order valence-electron chi connectivity index (χ2n) is 5.20. The van der Waals surface area contributed by atoms with Crippen LogP contribution in [-0.2, 0) is 6.54 Å². The summed E-state index contributed by atoms with van der Waals surface area (Å²) in [5.41, 5.74) is 0.308. The Balaban J connectivity index is 1.80. The first-order chi connectivity index (χ1) is 11.5. The third-order valence-corrected chi connectivity index (χ3v) is 4.28. The van der Waals surface area contributed by atoms with Gasteiger partial charge >= 0.3 is 0 Å². The second-order valence-corrected chi connectivity index (χ2v) is 5.58. The van der Waals surface area contributed by atoms with E-state index >= 15 is 0 Å². The van der Waals surface area contributed by atoms with E-state index in [2.05, 4.69) is 15.2 Å². The summed E-state index contributed by atoms with van der Waals surface area (Å²) in [6.45, 7) is -0.478. The number of imide groups is 1. The van der Waals surface area contributed by atoms with E-state index in [1.54, 1.807) is 0 Å². The molecule has 2 amide bonds. The van der Waals surface area contributed by atoms with Crippen LogP contribution in [0.1, 0.15) is 26.3 Å². The number of amides is 2. The Morgan fingerprint density at radius 2 is 1.88 bits per heavy atom. The van der Waals surface area contributed by atoms with Gasteiger partial charge in [-0.2, -0.15) is 5.10 Å². The zero-order valence-electron chi connectivity index (χ0n) is 11.8. The normalized spacial score (nSPS) is 13.9. The van der Waals surface area contributed by atoms with Crippen molar-refractivity contribution >= 4 is 34.4 Å². The molecule has 1 aliphatic rings. The van der Waals surface area contributed by atoms with Crippen LogP contribution in [-0.4, -0.2) is 31.9 Å². The van der Waals surface area contributed by atoms with E-state index in [9.17, 15) is 18.4 Å². The summed E-state index contributed by atoms with van der Waals surface area (Å²) < 4.78 is 27.5. The zero-order valence-corrected chi connectivity index (χ0v) is 12.6. The van der Waals surface area contributed by atoms with Gasteiger partial charge in [0.1, 0.15) is 11.6 Å². The van der Waals surface area contributed by atoms with Gasteiger partial charge in [0.15, 0.2) is 5.65 Å². The van der Waals surface area contributed by atoms with Crippen LogP contribution in [0.5, 0.6) is 0 Å². The second kappa shape index (κ2) is 5.07. The fourth-order valence-electron chi connectivity index (χ4n) is 2.68. The maximum Gasteiger partial charge on any atom is 0.263 e. The van der Waals surface area contributed by atoms with E-state index in [0.29, 0.717) is 11.0 Å². The third-order valence-electron chi connectivity index (χ3n) is 3.87. The van der Waals surface area contributed by atoms with Crippen LogP contribution < -0.4 is 0 Å². The molecule has 4 rings (SSSR count). The van der Waals surface area contributed by atoms with Crippen molar-refractivity contribution in [3.05, 3.63) is 57.9 Å². The lowest BCUT2D eigenvalue weighted by molar-refractivity contribution is 0.0641. The molecule has 0 bridgehead atoms. The molecular formula is C15H7ClF2N4O2. The number of halogens is 3. The van der Waals surface area contributed by atoms with E-state index < -0.39 is 35.0 Å². The smallest absolute Gasteiger partial charge is 0.263 e. The summed E-state index contributed by atoms with van der Waals surface area (Å²) in [6, 6.07) is 1.77. The van der Waals surface area contributed by atoms with Gasteiger partial charge in [-0.1, -0.05) is 11.6 Å². The van der Waals surface area contributed by atoms with Crippen molar-refractivity contribution in [2.45, 2.75) is 6.54 Å². The van der Waals surface area contributed by atoms with Gasteiger partial charge in [0.2, 0.25) is 0 Å². The van der Waals surface area contributed by atoms with Gasteiger partial charge in [-0.3, -0.25) is 19.6 Å². The molecule has 3 heterocycles. The van der Waals surface area contributed by atoms with Gasteiger partial charge in [0, 0.05) is 11.8 Å². The number of H-pyrrole nitrogens is 1. The number of hydrogen-bond donors (Lipinski definition) is 1. The Hall–Kier alpha value is -2.87. The van der Waals surface area contributed by atoms with Crippen molar-refractivity contribution in [2.24, 2.45) is 0 Å². The number of nitrogens with one attached hydrogen (secondary N) is 1. The number of carbonyl (C=O) groups is 2. The zero-order chi connectivity index (χ0) is 17.0. The van der Waals surface area contributed by atoms with E-state index in [4.69, 9.17) is 11.6 Å². The first kappa shape index (κ1) is 14.7. The first-order valence-electron chi connectivity index (χ1n) is 6.79. The Bertz CT molecular complexity index is 1030. The van der Waals surface area contributed by atoms with Crippen LogP contribution >= 0.6 is 11.6 Å². The molecule has 1 aromatic carbocycles. The topological polar surface area (TPSA) is 79.0 Å². The number of aromatic nitrogens is 3. The number of aromatic amines is 1. The molecule has 1 N–H and O–H groups in total. The maximum absolute atomic E-state index is 13.9. The summed E-state index contributed by atoms with van der Waals surface area (Å²) in [4.78, 5) is 29.9. The standard InChI is InChI=1S/C15H7ClF2N4O2/c16-12-8(9(17)1-2-10(12)18)5-22-14(23)7-3-19-13-6(4-20-21-13)11(7)15(22)24/h1-4H,5H2,(H,19,20,21). The number of fused-ring (bicyclic) bond motifs is 3. The molecule has 0 fully saturated rings. The van der Waals surface area contributed by atoms with Gasteiger partial charge < -0.3 is 0 Å². The lowest BCUT2D eigenvalue weighted by Gasteiger charge is -2.15. The minimum absolute atomic E-state index is 0.0850. The molecule has 3 aromatic rings. The highest BCUT2D eigenvalue weighted by Crippen LogP contribution is 2.31. The Labute approximate surface area is 138 Å². The summed E-state index contributed by atoms with van der Waals surface area (Å²) in [7, 11) is 0. The summed E-state index contributed by atoms with van der Waals surface area (Å²) >= 11 is 5.77. The minimum atomic E-state index is -0.830. The van der Waals surface area contributed by atoms with E-state index in [-0.39, 0.29) is 16.7 Å². The predicted molar refractivity (Wildman–Crippen MR) is 79.5 cm³/mol. The number of pyridine rings is 1. The molecule has 0 atom stereocenters. The van der Waals surface area contributed by atoms with Crippen LogP contribution in [0.25, 0.3) is 11.0 Å². The largest absolute Gasteiger partial charge is 0.270 e. The molecule has 0 radical (unpaired) electrons. The number of hydrogen-bond acceptors (Lipinski definition) is 4. The number of nitrogens with zero attached hydrogens (tertiary/aromatic N) is 3. The quantitative estimate of drug-likeness (QED) is 0.570. The van der Waals surface area contributed by atoms with Crippen molar-refractivity contribution < 1.29 is 18.4 Å². The third kappa shape index (κ3) is 1.93.